The number of aromatic hydroxyl groups is 1. The Balaban J connectivity index is 2.23. The summed E-state index contributed by atoms with van der Waals surface area (Å²) in [7, 11) is 0. The molecule has 1 unspecified atom stereocenters. The van der Waals surface area contributed by atoms with Crippen LogP contribution in [0.5, 0.6) is 11.5 Å². The molecule has 0 aromatic heterocycles. The third kappa shape index (κ3) is 5.41. The van der Waals surface area contributed by atoms with Crippen LogP contribution >= 0.6 is 0 Å². The van der Waals surface area contributed by atoms with Crippen LogP contribution in [-0.4, -0.2) is 24.7 Å². The van der Waals surface area contributed by atoms with E-state index in [1.807, 2.05) is 12.1 Å². The normalized spacial score (nSPS) is 16.9. The Morgan fingerprint density at radius 2 is 2.08 bits per heavy atom. The smallest absolute Gasteiger partial charge is 0.507 e. The second kappa shape index (κ2) is 9.35. The zero-order valence-electron chi connectivity index (χ0n) is 15.3. The maximum absolute atomic E-state index is 11.3. The van der Waals surface area contributed by atoms with Gasteiger partial charge in [-0.05, 0) is 57.2 Å². The first-order chi connectivity index (χ1) is 12.0. The zero-order chi connectivity index (χ0) is 18.2. The Bertz CT molecular complexity index is 621. The van der Waals surface area contributed by atoms with Gasteiger partial charge in [-0.3, -0.25) is 0 Å². The van der Waals surface area contributed by atoms with Crippen molar-refractivity contribution in [3.8, 4) is 11.5 Å². The van der Waals surface area contributed by atoms with Crippen LogP contribution in [-0.2, 0) is 15.9 Å². The van der Waals surface area contributed by atoms with Crippen LogP contribution < -0.4 is 4.74 Å². The molecule has 0 spiro atoms. The van der Waals surface area contributed by atoms with Crippen molar-refractivity contribution in [1.82, 2.24) is 0 Å². The maximum Gasteiger partial charge on any atom is 0.511 e. The molecule has 0 heterocycles. The number of phenolic OH excluding ortho intramolecular Hbond substituents is 1. The summed E-state index contributed by atoms with van der Waals surface area (Å²) in [6.07, 6.45) is 6.40. The molecule has 138 valence electrons. The fraction of sp³-hybridized carbons (Fsp3) is 0.550. The summed E-state index contributed by atoms with van der Waals surface area (Å²) in [6, 6.07) is 3.75. The monoisotopic (exact) mass is 348 g/mol. The van der Waals surface area contributed by atoms with Crippen LogP contribution in [0, 0.1) is 0 Å². The highest BCUT2D eigenvalue weighted by molar-refractivity contribution is 5.59. The van der Waals surface area contributed by atoms with Gasteiger partial charge in [0.15, 0.2) is 0 Å². The number of carbonyl (C=O) groups excluding carboxylic acids is 1. The summed E-state index contributed by atoms with van der Waals surface area (Å²) < 4.78 is 15.3. The van der Waals surface area contributed by atoms with E-state index in [0.29, 0.717) is 5.75 Å². The van der Waals surface area contributed by atoms with E-state index in [-0.39, 0.29) is 25.1 Å². The lowest BCUT2D eigenvalue weighted by molar-refractivity contribution is 0.00640. The molecule has 0 saturated heterocycles. The van der Waals surface area contributed by atoms with E-state index < -0.39 is 6.16 Å². The molecule has 0 saturated carbocycles. The topological polar surface area (TPSA) is 65.0 Å². The van der Waals surface area contributed by atoms with Gasteiger partial charge in [-0.15, -0.1) is 0 Å². The SMILES string of the molecule is CCCc1cc(O)c(C2C=C(C)CCC2)c(OCOC(=O)OCC)c1. The molecule has 1 N–H and O–H groups in total. The number of carbonyl (C=O) groups is 1. The van der Waals surface area contributed by atoms with E-state index in [9.17, 15) is 9.90 Å². The van der Waals surface area contributed by atoms with Crippen molar-refractivity contribution < 1.29 is 24.1 Å². The minimum atomic E-state index is -0.758. The van der Waals surface area contributed by atoms with Gasteiger partial charge in [-0.25, -0.2) is 4.79 Å². The van der Waals surface area contributed by atoms with Crippen LogP contribution in [0.1, 0.15) is 63.5 Å². The lowest BCUT2D eigenvalue weighted by Crippen LogP contribution is -2.13. The molecule has 5 heteroatoms. The minimum Gasteiger partial charge on any atom is -0.507 e. The highest BCUT2D eigenvalue weighted by Gasteiger charge is 2.22. The van der Waals surface area contributed by atoms with Gasteiger partial charge in [0.2, 0.25) is 6.79 Å². The van der Waals surface area contributed by atoms with Gasteiger partial charge < -0.3 is 19.3 Å². The van der Waals surface area contributed by atoms with Crippen LogP contribution in [0.3, 0.4) is 0 Å². The average molecular weight is 348 g/mol. The second-order valence-electron chi connectivity index (χ2n) is 6.38. The van der Waals surface area contributed by atoms with Crippen molar-refractivity contribution in [1.29, 1.82) is 0 Å². The van der Waals surface area contributed by atoms with Gasteiger partial charge >= 0.3 is 6.16 Å². The van der Waals surface area contributed by atoms with E-state index in [1.54, 1.807) is 6.92 Å². The standard InChI is InChI=1S/C20H28O5/c1-4-7-15-11-17(21)19(16-9-6-8-14(3)10-16)18(12-15)24-13-25-20(22)23-5-2/h10-12,16,21H,4-9,13H2,1-3H3. The number of allylic oxidation sites excluding steroid dienone is 2. The van der Waals surface area contributed by atoms with E-state index in [1.165, 1.54) is 5.57 Å². The molecule has 5 nitrogen and oxygen atoms in total. The number of rotatable bonds is 7. The van der Waals surface area contributed by atoms with Crippen LogP contribution in [0.4, 0.5) is 4.79 Å². The fourth-order valence-electron chi connectivity index (χ4n) is 3.23. The number of hydrogen-bond donors (Lipinski definition) is 1. The van der Waals surface area contributed by atoms with Gasteiger partial charge in [-0.2, -0.15) is 0 Å². The third-order valence-electron chi connectivity index (χ3n) is 4.31. The molecule has 0 fully saturated rings. The zero-order valence-corrected chi connectivity index (χ0v) is 15.3. The van der Waals surface area contributed by atoms with Gasteiger partial charge in [-0.1, -0.05) is 25.0 Å². The Labute approximate surface area is 149 Å². The summed E-state index contributed by atoms with van der Waals surface area (Å²) >= 11 is 0. The van der Waals surface area contributed by atoms with Crippen molar-refractivity contribution in [2.75, 3.05) is 13.4 Å². The predicted octanol–water partition coefficient (Wildman–Crippen LogP) is 5.07. The highest BCUT2D eigenvalue weighted by Crippen LogP contribution is 2.42. The van der Waals surface area contributed by atoms with Crippen LogP contribution in [0.2, 0.25) is 0 Å². The molecule has 1 atom stereocenters. The lowest BCUT2D eigenvalue weighted by Gasteiger charge is -2.24. The van der Waals surface area contributed by atoms with E-state index in [2.05, 4.69) is 19.9 Å². The number of aryl methyl sites for hydroxylation is 1. The molecule has 0 radical (unpaired) electrons. The van der Waals surface area contributed by atoms with Crippen molar-refractivity contribution in [2.24, 2.45) is 0 Å². The van der Waals surface area contributed by atoms with Gasteiger partial charge in [0.1, 0.15) is 11.5 Å². The molecule has 2 rings (SSSR count). The molecule has 0 aliphatic heterocycles. The Kier molecular flexibility index (Phi) is 7.16. The average Bonchev–Trinajstić information content (AvgIpc) is 2.55. The molecule has 25 heavy (non-hydrogen) atoms. The molecular formula is C20H28O5. The molecule has 0 amide bonds. The van der Waals surface area contributed by atoms with Crippen LogP contribution in [0.15, 0.2) is 23.8 Å². The first-order valence-electron chi connectivity index (χ1n) is 9.00. The number of benzene rings is 1. The fourth-order valence-corrected chi connectivity index (χ4v) is 3.23. The van der Waals surface area contributed by atoms with Gasteiger partial charge in [0.05, 0.1) is 6.61 Å². The quantitative estimate of drug-likeness (QED) is 0.423. The first-order valence-corrected chi connectivity index (χ1v) is 9.00. The lowest BCUT2D eigenvalue weighted by atomic mass is 9.84. The molecule has 1 aliphatic carbocycles. The molecule has 1 aromatic rings. The second-order valence-corrected chi connectivity index (χ2v) is 6.38. The van der Waals surface area contributed by atoms with Gasteiger partial charge in [0, 0.05) is 11.5 Å². The van der Waals surface area contributed by atoms with E-state index in [4.69, 9.17) is 14.2 Å². The Morgan fingerprint density at radius 1 is 1.28 bits per heavy atom. The molecule has 1 aliphatic rings. The van der Waals surface area contributed by atoms with Crippen LogP contribution in [0.25, 0.3) is 0 Å². The van der Waals surface area contributed by atoms with Crippen molar-refractivity contribution in [3.63, 3.8) is 0 Å². The maximum atomic E-state index is 11.3. The van der Waals surface area contributed by atoms with Gasteiger partial charge in [0.25, 0.3) is 0 Å². The summed E-state index contributed by atoms with van der Waals surface area (Å²) in [4.78, 5) is 11.3. The molecule has 0 bridgehead atoms. The van der Waals surface area contributed by atoms with Crippen molar-refractivity contribution >= 4 is 6.16 Å². The van der Waals surface area contributed by atoms with E-state index in [0.717, 1.165) is 43.2 Å². The third-order valence-corrected chi connectivity index (χ3v) is 4.31. The summed E-state index contributed by atoms with van der Waals surface area (Å²) in [6.45, 7) is 5.92. The Hall–Kier alpha value is -2.17. The van der Waals surface area contributed by atoms with Crippen molar-refractivity contribution in [3.05, 3.63) is 34.9 Å². The Morgan fingerprint density at radius 3 is 2.76 bits per heavy atom. The van der Waals surface area contributed by atoms with Crippen molar-refractivity contribution in [2.45, 2.75) is 58.8 Å². The summed E-state index contributed by atoms with van der Waals surface area (Å²) in [5, 5.41) is 10.6. The highest BCUT2D eigenvalue weighted by atomic mass is 16.8. The summed E-state index contributed by atoms with van der Waals surface area (Å²) in [5.74, 6) is 0.929. The first kappa shape index (κ1) is 19.2. The molecular weight excluding hydrogens is 320 g/mol. The summed E-state index contributed by atoms with van der Waals surface area (Å²) in [5.41, 5.74) is 3.10. The largest absolute Gasteiger partial charge is 0.511 e. The predicted molar refractivity (Wildman–Crippen MR) is 96.1 cm³/mol. The number of hydrogen-bond acceptors (Lipinski definition) is 5. The number of phenols is 1. The minimum absolute atomic E-state index is 0.113. The number of ether oxygens (including phenoxy) is 3. The van der Waals surface area contributed by atoms with E-state index >= 15 is 0 Å². The molecule has 1 aromatic carbocycles.